The first kappa shape index (κ1) is 14.0. The number of hydrogen-bond donors (Lipinski definition) is 1. The number of aromatic amines is 1. The first-order chi connectivity index (χ1) is 10.7. The van der Waals surface area contributed by atoms with Gasteiger partial charge in [0.05, 0.1) is 6.21 Å². The van der Waals surface area contributed by atoms with Crippen LogP contribution in [0.1, 0.15) is 22.5 Å². The number of benzene rings is 2. The maximum absolute atomic E-state index is 11.9. The average Bonchev–Trinajstić information content (AvgIpc) is 2.89. The monoisotopic (exact) mass is 292 g/mol. The van der Waals surface area contributed by atoms with Gasteiger partial charge in [0, 0.05) is 6.42 Å². The first-order valence-corrected chi connectivity index (χ1v) is 7.04. The maximum Gasteiger partial charge on any atom is 0.364 e. The molecular formula is C17H16N4O. The van der Waals surface area contributed by atoms with Crippen LogP contribution >= 0.6 is 0 Å². The number of hydrogen-bond acceptors (Lipinski definition) is 3. The second-order valence-electron chi connectivity index (χ2n) is 5.02. The fourth-order valence-electron chi connectivity index (χ4n) is 2.20. The van der Waals surface area contributed by atoms with Gasteiger partial charge in [-0.1, -0.05) is 54.6 Å². The third kappa shape index (κ3) is 3.03. The molecule has 0 fully saturated rings. The molecule has 0 bridgehead atoms. The van der Waals surface area contributed by atoms with Crippen LogP contribution in [0.5, 0.6) is 0 Å². The lowest BCUT2D eigenvalue weighted by atomic mass is 10.1. The van der Waals surface area contributed by atoms with Crippen molar-refractivity contribution in [1.29, 1.82) is 0 Å². The summed E-state index contributed by atoms with van der Waals surface area (Å²) >= 11 is 0. The number of H-pyrrole nitrogens is 1. The summed E-state index contributed by atoms with van der Waals surface area (Å²) in [5.74, 6) is 0.589. The molecule has 5 heteroatoms. The molecule has 0 aliphatic rings. The largest absolute Gasteiger partial charge is 0.364 e. The molecule has 3 aromatic rings. The van der Waals surface area contributed by atoms with Gasteiger partial charge in [0.2, 0.25) is 0 Å². The van der Waals surface area contributed by atoms with E-state index in [2.05, 4.69) is 15.3 Å². The molecular weight excluding hydrogens is 276 g/mol. The minimum atomic E-state index is -0.337. The third-order valence-corrected chi connectivity index (χ3v) is 3.45. The number of aromatic nitrogens is 3. The second-order valence-corrected chi connectivity index (χ2v) is 5.02. The highest BCUT2D eigenvalue weighted by Crippen LogP contribution is 2.11. The highest BCUT2D eigenvalue weighted by atomic mass is 16.2. The van der Waals surface area contributed by atoms with E-state index in [-0.39, 0.29) is 5.69 Å². The van der Waals surface area contributed by atoms with Crippen molar-refractivity contribution in [2.24, 2.45) is 5.10 Å². The molecule has 0 unspecified atom stereocenters. The van der Waals surface area contributed by atoms with Crippen LogP contribution in [0.15, 0.2) is 64.5 Å². The Kier molecular flexibility index (Phi) is 3.96. The Balaban J connectivity index is 1.90. The van der Waals surface area contributed by atoms with Crippen molar-refractivity contribution >= 4 is 6.21 Å². The predicted molar refractivity (Wildman–Crippen MR) is 86.3 cm³/mol. The molecule has 0 saturated heterocycles. The average molecular weight is 292 g/mol. The van der Waals surface area contributed by atoms with Gasteiger partial charge in [-0.05, 0) is 23.6 Å². The van der Waals surface area contributed by atoms with Crippen LogP contribution < -0.4 is 5.69 Å². The van der Waals surface area contributed by atoms with Gasteiger partial charge in [0.15, 0.2) is 5.82 Å². The van der Waals surface area contributed by atoms with Crippen LogP contribution in [0, 0.1) is 6.92 Å². The van der Waals surface area contributed by atoms with Gasteiger partial charge < -0.3 is 0 Å². The maximum atomic E-state index is 11.9. The summed E-state index contributed by atoms with van der Waals surface area (Å²) in [5, 5.41) is 10.8. The van der Waals surface area contributed by atoms with Crippen LogP contribution in [0.3, 0.4) is 0 Å². The minimum absolute atomic E-state index is 0.337. The second kappa shape index (κ2) is 6.22. The van der Waals surface area contributed by atoms with Crippen LogP contribution in [0.4, 0.5) is 0 Å². The van der Waals surface area contributed by atoms with E-state index in [0.717, 1.165) is 16.7 Å². The molecule has 0 atom stereocenters. The van der Waals surface area contributed by atoms with Gasteiger partial charge in [-0.15, -0.1) is 0 Å². The van der Waals surface area contributed by atoms with Gasteiger partial charge in [0.25, 0.3) is 0 Å². The lowest BCUT2D eigenvalue weighted by Crippen LogP contribution is -2.15. The van der Waals surface area contributed by atoms with E-state index in [9.17, 15) is 4.79 Å². The Hall–Kier alpha value is -2.95. The zero-order valence-electron chi connectivity index (χ0n) is 12.2. The molecule has 3 rings (SSSR count). The Morgan fingerprint density at radius 3 is 2.64 bits per heavy atom. The molecule has 0 aliphatic heterocycles. The number of rotatable bonds is 4. The van der Waals surface area contributed by atoms with E-state index in [1.165, 1.54) is 4.68 Å². The lowest BCUT2D eigenvalue weighted by Gasteiger charge is -2.04. The highest BCUT2D eigenvalue weighted by molar-refractivity contribution is 5.79. The zero-order valence-corrected chi connectivity index (χ0v) is 12.2. The summed E-state index contributed by atoms with van der Waals surface area (Å²) in [6.07, 6.45) is 2.20. The van der Waals surface area contributed by atoms with Crippen molar-refractivity contribution in [2.75, 3.05) is 0 Å². The standard InChI is InChI=1S/C17H16N4O/c1-13-7-5-6-10-15(13)11-16-19-20-17(22)21(16)18-12-14-8-3-2-4-9-14/h2-10,12H,11H2,1H3,(H,20,22)/b18-12+. The smallest absolute Gasteiger partial charge is 0.244 e. The van der Waals surface area contributed by atoms with Crippen LogP contribution in [-0.2, 0) is 6.42 Å². The predicted octanol–water partition coefficient (Wildman–Crippen LogP) is 2.35. The number of nitrogens with zero attached hydrogens (tertiary/aromatic N) is 3. The molecule has 5 nitrogen and oxygen atoms in total. The Labute approximate surface area is 127 Å². The highest BCUT2D eigenvalue weighted by Gasteiger charge is 2.09. The Bertz CT molecular complexity index is 846. The normalized spacial score (nSPS) is 11.1. The summed E-state index contributed by atoms with van der Waals surface area (Å²) < 4.78 is 1.30. The van der Waals surface area contributed by atoms with Crippen LogP contribution in [0.25, 0.3) is 0 Å². The lowest BCUT2D eigenvalue weighted by molar-refractivity contribution is 0.774. The fourth-order valence-corrected chi connectivity index (χ4v) is 2.20. The summed E-state index contributed by atoms with van der Waals surface area (Å²) in [7, 11) is 0. The molecule has 0 radical (unpaired) electrons. The molecule has 0 spiro atoms. The third-order valence-electron chi connectivity index (χ3n) is 3.45. The van der Waals surface area contributed by atoms with Crippen molar-refractivity contribution in [3.05, 3.63) is 87.6 Å². The minimum Gasteiger partial charge on any atom is -0.244 e. The SMILES string of the molecule is Cc1ccccc1Cc1n[nH]c(=O)n1/N=C/c1ccccc1. The molecule has 0 aliphatic carbocycles. The zero-order chi connectivity index (χ0) is 15.4. The number of aryl methyl sites for hydroxylation is 1. The van der Waals surface area contributed by atoms with E-state index in [1.54, 1.807) is 6.21 Å². The van der Waals surface area contributed by atoms with E-state index < -0.39 is 0 Å². The van der Waals surface area contributed by atoms with Crippen LogP contribution in [-0.4, -0.2) is 21.1 Å². The van der Waals surface area contributed by atoms with Crippen molar-refractivity contribution in [1.82, 2.24) is 14.9 Å². The molecule has 1 aromatic heterocycles. The Morgan fingerprint density at radius 2 is 1.86 bits per heavy atom. The molecule has 2 aromatic carbocycles. The van der Waals surface area contributed by atoms with Gasteiger partial charge in [-0.25, -0.2) is 9.89 Å². The van der Waals surface area contributed by atoms with Gasteiger partial charge in [-0.2, -0.15) is 14.9 Å². The quantitative estimate of drug-likeness (QED) is 0.750. The summed E-state index contributed by atoms with van der Waals surface area (Å²) in [6.45, 7) is 2.04. The molecule has 22 heavy (non-hydrogen) atoms. The first-order valence-electron chi connectivity index (χ1n) is 7.04. The van der Waals surface area contributed by atoms with E-state index in [4.69, 9.17) is 0 Å². The fraction of sp³-hybridized carbons (Fsp3) is 0.118. The van der Waals surface area contributed by atoms with Crippen molar-refractivity contribution < 1.29 is 0 Å². The van der Waals surface area contributed by atoms with Crippen molar-refractivity contribution in [2.45, 2.75) is 13.3 Å². The summed E-state index contributed by atoms with van der Waals surface area (Å²) in [6, 6.07) is 17.7. The van der Waals surface area contributed by atoms with Gasteiger partial charge in [-0.3, -0.25) is 0 Å². The molecule has 110 valence electrons. The van der Waals surface area contributed by atoms with Crippen molar-refractivity contribution in [3.8, 4) is 0 Å². The molecule has 1 heterocycles. The van der Waals surface area contributed by atoms with Crippen molar-refractivity contribution in [3.63, 3.8) is 0 Å². The van der Waals surface area contributed by atoms with E-state index in [1.807, 2.05) is 61.5 Å². The van der Waals surface area contributed by atoms with E-state index >= 15 is 0 Å². The topological polar surface area (TPSA) is 63.0 Å². The Morgan fingerprint density at radius 1 is 1.14 bits per heavy atom. The molecule has 0 amide bonds. The molecule has 1 N–H and O–H groups in total. The van der Waals surface area contributed by atoms with E-state index in [0.29, 0.717) is 12.2 Å². The summed E-state index contributed by atoms with van der Waals surface area (Å²) in [5.41, 5.74) is 2.88. The number of nitrogens with one attached hydrogen (secondary N) is 1. The van der Waals surface area contributed by atoms with Crippen LogP contribution in [0.2, 0.25) is 0 Å². The molecule has 0 saturated carbocycles. The summed E-state index contributed by atoms with van der Waals surface area (Å²) in [4.78, 5) is 11.9. The van der Waals surface area contributed by atoms with Gasteiger partial charge >= 0.3 is 5.69 Å². The van der Waals surface area contributed by atoms with Gasteiger partial charge in [0.1, 0.15) is 0 Å².